The first-order valence-corrected chi connectivity index (χ1v) is 9.76. The van der Waals surface area contributed by atoms with Crippen LogP contribution in [-0.2, 0) is 5.88 Å². The van der Waals surface area contributed by atoms with E-state index in [1.807, 2.05) is 48.7 Å². The molecule has 0 N–H and O–H groups in total. The topological polar surface area (TPSA) is 12.9 Å². The molecule has 0 fully saturated rings. The predicted octanol–water partition coefficient (Wildman–Crippen LogP) is 6.76. The molecule has 4 rings (SSSR count). The second kappa shape index (κ2) is 7.51. The average Bonchev–Trinajstić information content (AvgIpc) is 3.10. The van der Waals surface area contributed by atoms with Gasteiger partial charge >= 0.3 is 0 Å². The van der Waals surface area contributed by atoms with Gasteiger partial charge in [0.25, 0.3) is 0 Å². The van der Waals surface area contributed by atoms with Crippen LogP contribution in [0.4, 0.5) is 0 Å². The molecule has 4 heteroatoms. The van der Waals surface area contributed by atoms with Crippen LogP contribution in [0.5, 0.6) is 0 Å². The molecule has 0 saturated carbocycles. The number of nitrogens with zero attached hydrogens (tertiary/aromatic N) is 1. The van der Waals surface area contributed by atoms with Gasteiger partial charge in [0.2, 0.25) is 0 Å². The summed E-state index contributed by atoms with van der Waals surface area (Å²) in [6.45, 7) is 0. The van der Waals surface area contributed by atoms with Gasteiger partial charge in [0, 0.05) is 31.9 Å². The van der Waals surface area contributed by atoms with E-state index in [0.717, 1.165) is 27.4 Å². The second-order valence-corrected chi connectivity index (χ2v) is 7.66. The van der Waals surface area contributed by atoms with E-state index in [2.05, 4.69) is 35.0 Å². The first kappa shape index (κ1) is 17.1. The Labute approximate surface area is 166 Å². The van der Waals surface area contributed by atoms with E-state index in [1.54, 1.807) is 11.3 Å². The number of pyridine rings is 1. The van der Waals surface area contributed by atoms with E-state index >= 15 is 0 Å². The maximum atomic E-state index is 5.93. The number of hydrogen-bond donors (Lipinski definition) is 0. The fraction of sp³-hybridized carbons (Fsp3) is 0.0455. The highest BCUT2D eigenvalue weighted by Gasteiger charge is 2.01. The molecular formula is C22H13Cl2NS. The van der Waals surface area contributed by atoms with E-state index in [0.29, 0.717) is 5.88 Å². The Hall–Kier alpha value is -2.31. The van der Waals surface area contributed by atoms with Gasteiger partial charge in [-0.25, -0.2) is 4.98 Å². The Morgan fingerprint density at radius 3 is 2.42 bits per heavy atom. The number of alkyl halides is 1. The van der Waals surface area contributed by atoms with E-state index in [1.165, 1.54) is 15.0 Å². The Bertz CT molecular complexity index is 1120. The Kier molecular flexibility index (Phi) is 4.95. The largest absolute Gasteiger partial charge is 0.247 e. The molecule has 26 heavy (non-hydrogen) atoms. The Morgan fingerprint density at radius 1 is 0.885 bits per heavy atom. The molecule has 126 valence electrons. The van der Waals surface area contributed by atoms with Crippen molar-refractivity contribution < 1.29 is 0 Å². The molecule has 0 aliphatic carbocycles. The monoisotopic (exact) mass is 393 g/mol. The van der Waals surface area contributed by atoms with E-state index < -0.39 is 0 Å². The van der Waals surface area contributed by atoms with Crippen LogP contribution in [-0.4, -0.2) is 4.98 Å². The van der Waals surface area contributed by atoms with Crippen molar-refractivity contribution in [2.75, 3.05) is 0 Å². The minimum atomic E-state index is 0.546. The van der Waals surface area contributed by atoms with Crippen molar-refractivity contribution in [3.63, 3.8) is 0 Å². The molecular weight excluding hydrogens is 381 g/mol. The highest BCUT2D eigenvalue weighted by molar-refractivity contribution is 7.19. The fourth-order valence-corrected chi connectivity index (χ4v) is 3.92. The van der Waals surface area contributed by atoms with Gasteiger partial charge < -0.3 is 0 Å². The number of fused-ring (bicyclic) bond motifs is 1. The standard InChI is InChI=1S/C22H13Cl2NS/c23-13-21-12-18-11-15(2-10-22(18)26-21)1-8-20-9-5-17(14-25-20)16-3-6-19(24)7-4-16/h2-7,9-12,14H,13H2. The molecule has 0 aliphatic heterocycles. The SMILES string of the molecule is ClCc1cc2cc(C#Cc3ccc(-c4ccc(Cl)cc4)cn3)ccc2s1. The van der Waals surface area contributed by atoms with Gasteiger partial charge in [-0.1, -0.05) is 35.7 Å². The van der Waals surface area contributed by atoms with Crippen LogP contribution in [0, 0.1) is 11.8 Å². The van der Waals surface area contributed by atoms with Crippen LogP contribution in [0.1, 0.15) is 16.1 Å². The van der Waals surface area contributed by atoms with E-state index in [-0.39, 0.29) is 0 Å². The third-order valence-electron chi connectivity index (χ3n) is 3.97. The lowest BCUT2D eigenvalue weighted by molar-refractivity contribution is 1.29. The molecule has 0 atom stereocenters. The van der Waals surface area contributed by atoms with Gasteiger partial charge in [-0.05, 0) is 59.3 Å². The second-order valence-electron chi connectivity index (χ2n) is 5.79. The van der Waals surface area contributed by atoms with Crippen LogP contribution < -0.4 is 0 Å². The van der Waals surface area contributed by atoms with Crippen molar-refractivity contribution in [3.8, 4) is 23.0 Å². The molecule has 0 unspecified atom stereocenters. The molecule has 2 heterocycles. The minimum absolute atomic E-state index is 0.546. The van der Waals surface area contributed by atoms with Gasteiger partial charge in [-0.15, -0.1) is 22.9 Å². The molecule has 1 nitrogen and oxygen atoms in total. The Morgan fingerprint density at radius 2 is 1.69 bits per heavy atom. The fourth-order valence-electron chi connectivity index (χ4n) is 2.66. The zero-order chi connectivity index (χ0) is 17.9. The average molecular weight is 394 g/mol. The van der Waals surface area contributed by atoms with Crippen LogP contribution in [0.3, 0.4) is 0 Å². The molecule has 0 radical (unpaired) electrons. The summed E-state index contributed by atoms with van der Waals surface area (Å²) in [5.41, 5.74) is 3.84. The van der Waals surface area contributed by atoms with Crippen LogP contribution in [0.2, 0.25) is 5.02 Å². The molecule has 0 amide bonds. The van der Waals surface area contributed by atoms with Crippen molar-refractivity contribution in [1.29, 1.82) is 0 Å². The van der Waals surface area contributed by atoms with Crippen molar-refractivity contribution in [2.45, 2.75) is 5.88 Å². The highest BCUT2D eigenvalue weighted by atomic mass is 35.5. The molecule has 0 aliphatic rings. The summed E-state index contributed by atoms with van der Waals surface area (Å²) in [4.78, 5) is 5.62. The molecule has 2 aromatic carbocycles. The van der Waals surface area contributed by atoms with Gasteiger partial charge in [-0.3, -0.25) is 0 Å². The third-order valence-corrected chi connectivity index (χ3v) is 5.79. The van der Waals surface area contributed by atoms with E-state index in [9.17, 15) is 0 Å². The number of aromatic nitrogens is 1. The van der Waals surface area contributed by atoms with Crippen molar-refractivity contribution in [2.24, 2.45) is 0 Å². The zero-order valence-corrected chi connectivity index (χ0v) is 16.0. The predicted molar refractivity (Wildman–Crippen MR) is 112 cm³/mol. The number of thiophene rings is 1. The maximum absolute atomic E-state index is 5.93. The van der Waals surface area contributed by atoms with Crippen molar-refractivity contribution >= 4 is 44.6 Å². The van der Waals surface area contributed by atoms with Gasteiger partial charge in [0.1, 0.15) is 5.69 Å². The van der Waals surface area contributed by atoms with E-state index in [4.69, 9.17) is 23.2 Å². The van der Waals surface area contributed by atoms with Crippen LogP contribution in [0.15, 0.2) is 66.9 Å². The van der Waals surface area contributed by atoms with Crippen molar-refractivity contribution in [3.05, 3.63) is 88.0 Å². The third kappa shape index (κ3) is 3.76. The maximum Gasteiger partial charge on any atom is 0.113 e. The number of rotatable bonds is 2. The lowest BCUT2D eigenvalue weighted by Gasteiger charge is -2.01. The summed E-state index contributed by atoms with van der Waals surface area (Å²) in [7, 11) is 0. The summed E-state index contributed by atoms with van der Waals surface area (Å²) < 4.78 is 1.23. The summed E-state index contributed by atoms with van der Waals surface area (Å²) in [6.07, 6.45) is 1.84. The Balaban J connectivity index is 1.57. The zero-order valence-electron chi connectivity index (χ0n) is 13.7. The minimum Gasteiger partial charge on any atom is -0.247 e. The van der Waals surface area contributed by atoms with Gasteiger partial charge in [0.05, 0.1) is 5.88 Å². The normalized spacial score (nSPS) is 10.5. The quantitative estimate of drug-likeness (QED) is 0.271. The van der Waals surface area contributed by atoms with Gasteiger partial charge in [-0.2, -0.15) is 0 Å². The van der Waals surface area contributed by atoms with Crippen LogP contribution >= 0.6 is 34.5 Å². The molecule has 0 saturated heterocycles. The summed E-state index contributed by atoms with van der Waals surface area (Å²) in [5, 5.41) is 1.91. The summed E-state index contributed by atoms with van der Waals surface area (Å²) >= 11 is 13.6. The summed E-state index contributed by atoms with van der Waals surface area (Å²) in [5.74, 6) is 6.86. The number of halogens is 2. The number of hydrogen-bond acceptors (Lipinski definition) is 2. The smallest absolute Gasteiger partial charge is 0.113 e. The lowest BCUT2D eigenvalue weighted by atomic mass is 10.1. The first-order valence-electron chi connectivity index (χ1n) is 8.04. The lowest BCUT2D eigenvalue weighted by Crippen LogP contribution is -1.84. The number of benzene rings is 2. The molecule has 0 spiro atoms. The highest BCUT2D eigenvalue weighted by Crippen LogP contribution is 2.27. The summed E-state index contributed by atoms with van der Waals surface area (Å²) in [6, 6.07) is 20.0. The molecule has 4 aromatic rings. The molecule has 2 aromatic heterocycles. The van der Waals surface area contributed by atoms with Gasteiger partial charge in [0.15, 0.2) is 0 Å². The molecule has 0 bridgehead atoms. The van der Waals surface area contributed by atoms with Crippen LogP contribution in [0.25, 0.3) is 21.2 Å². The first-order chi connectivity index (χ1) is 12.7. The van der Waals surface area contributed by atoms with Crippen molar-refractivity contribution in [1.82, 2.24) is 4.98 Å².